The molecule has 0 spiro atoms. The Bertz CT molecular complexity index is 488. The highest BCUT2D eigenvalue weighted by Gasteiger charge is 2.07. The number of nitrogens with one attached hydrogen (secondary N) is 1. The van der Waals surface area contributed by atoms with Gasteiger partial charge in [0.05, 0.1) is 16.9 Å². The van der Waals surface area contributed by atoms with E-state index in [2.05, 4.69) is 38.1 Å². The van der Waals surface area contributed by atoms with Crippen molar-refractivity contribution in [2.24, 2.45) is 0 Å². The zero-order valence-corrected chi connectivity index (χ0v) is 11.6. The van der Waals surface area contributed by atoms with Gasteiger partial charge in [-0.25, -0.2) is 4.98 Å². The molecular weight excluding hydrogens is 298 g/mol. The van der Waals surface area contributed by atoms with Gasteiger partial charge in [0.15, 0.2) is 0 Å². The van der Waals surface area contributed by atoms with Crippen molar-refractivity contribution in [1.29, 1.82) is 0 Å². The number of anilines is 1. The first-order chi connectivity index (χ1) is 8.79. The summed E-state index contributed by atoms with van der Waals surface area (Å²) >= 11 is 3.35. The lowest BCUT2D eigenvalue weighted by molar-refractivity contribution is 0.259. The minimum absolute atomic E-state index is 0.343. The monoisotopic (exact) mass is 311 g/mol. The molecule has 0 aliphatic carbocycles. The molecule has 0 radical (unpaired) electrons. The lowest BCUT2D eigenvalue weighted by atomic mass is 10.5. The average molecular weight is 312 g/mol. The molecule has 0 unspecified atom stereocenters. The summed E-state index contributed by atoms with van der Waals surface area (Å²) in [6.07, 6.45) is 4.30. The molecule has 0 saturated carbocycles. The summed E-state index contributed by atoms with van der Waals surface area (Å²) in [5.41, 5.74) is 0. The second-order valence-corrected chi connectivity index (χ2v) is 4.50. The van der Waals surface area contributed by atoms with Crippen LogP contribution in [0.2, 0.25) is 0 Å². The van der Waals surface area contributed by atoms with E-state index in [9.17, 15) is 0 Å². The number of aromatic nitrogens is 2. The molecule has 96 valence electrons. The maximum absolute atomic E-state index is 5.57. The Kier molecular flexibility index (Phi) is 4.58. The minimum atomic E-state index is 0.343. The van der Waals surface area contributed by atoms with Gasteiger partial charge in [0.1, 0.15) is 12.4 Å². The second kappa shape index (κ2) is 6.39. The maximum atomic E-state index is 5.57. The Hall–Kier alpha value is -1.56. The van der Waals surface area contributed by atoms with Crippen molar-refractivity contribution >= 4 is 21.9 Å². The van der Waals surface area contributed by atoms with Crippen molar-refractivity contribution < 1.29 is 9.15 Å². The largest absolute Gasteiger partial charge is 0.469 e. The molecule has 0 saturated heterocycles. The van der Waals surface area contributed by atoms with Crippen molar-refractivity contribution in [2.75, 3.05) is 11.9 Å². The minimum Gasteiger partial charge on any atom is -0.469 e. The topological polar surface area (TPSA) is 60.2 Å². The summed E-state index contributed by atoms with van der Waals surface area (Å²) in [5.74, 6) is 1.82. The Morgan fingerprint density at radius 2 is 2.39 bits per heavy atom. The molecule has 0 aliphatic heterocycles. The summed E-state index contributed by atoms with van der Waals surface area (Å²) < 4.78 is 11.5. The number of ether oxygens (including phenoxy) is 1. The molecule has 1 N–H and O–H groups in total. The molecule has 6 heteroatoms. The van der Waals surface area contributed by atoms with Gasteiger partial charge in [-0.15, -0.1) is 0 Å². The van der Waals surface area contributed by atoms with Gasteiger partial charge in [-0.1, -0.05) is 6.92 Å². The Morgan fingerprint density at radius 3 is 3.11 bits per heavy atom. The van der Waals surface area contributed by atoms with Crippen LogP contribution >= 0.6 is 15.9 Å². The molecule has 2 heterocycles. The van der Waals surface area contributed by atoms with Crippen LogP contribution in [0.1, 0.15) is 19.1 Å². The van der Waals surface area contributed by atoms with Crippen molar-refractivity contribution in [2.45, 2.75) is 20.0 Å². The normalized spacial score (nSPS) is 10.3. The predicted octanol–water partition coefficient (Wildman–Crippen LogP) is 3.23. The summed E-state index contributed by atoms with van der Waals surface area (Å²) in [4.78, 5) is 8.43. The van der Waals surface area contributed by atoms with E-state index < -0.39 is 0 Å². The average Bonchev–Trinajstić information content (AvgIpc) is 2.89. The fraction of sp³-hybridized carbons (Fsp3) is 0.333. The lowest BCUT2D eigenvalue weighted by Gasteiger charge is -2.08. The molecular formula is C12H14BrN3O2. The zero-order chi connectivity index (χ0) is 12.8. The number of hydrogen-bond donors (Lipinski definition) is 1. The van der Waals surface area contributed by atoms with Crippen LogP contribution in [-0.2, 0) is 6.61 Å². The van der Waals surface area contributed by atoms with Gasteiger partial charge >= 0.3 is 0 Å². The molecule has 2 rings (SSSR count). The molecule has 0 aliphatic rings. The third-order valence-corrected chi connectivity index (χ3v) is 2.72. The quantitative estimate of drug-likeness (QED) is 0.887. The first-order valence-corrected chi connectivity index (χ1v) is 6.50. The van der Waals surface area contributed by atoms with Crippen molar-refractivity contribution in [3.05, 3.63) is 34.8 Å². The first kappa shape index (κ1) is 12.9. The smallest absolute Gasteiger partial charge is 0.233 e. The summed E-state index contributed by atoms with van der Waals surface area (Å²) in [5, 5.41) is 3.11. The third kappa shape index (κ3) is 3.46. The fourth-order valence-corrected chi connectivity index (χ4v) is 1.61. The van der Waals surface area contributed by atoms with E-state index in [0.29, 0.717) is 18.4 Å². The Morgan fingerprint density at radius 1 is 1.50 bits per heavy atom. The summed E-state index contributed by atoms with van der Waals surface area (Å²) in [6, 6.07) is 3.67. The number of furan rings is 1. The van der Waals surface area contributed by atoms with Crippen molar-refractivity contribution in [3.8, 4) is 5.88 Å². The van der Waals surface area contributed by atoms with Crippen molar-refractivity contribution in [3.63, 3.8) is 0 Å². The number of nitrogens with zero attached hydrogens (tertiary/aromatic N) is 2. The Labute approximate surface area is 114 Å². The maximum Gasteiger partial charge on any atom is 0.233 e. The van der Waals surface area contributed by atoms with Gasteiger partial charge in [-0.05, 0) is 34.5 Å². The van der Waals surface area contributed by atoms with Gasteiger partial charge in [-0.2, -0.15) is 4.98 Å². The molecule has 2 aromatic rings. The number of halogens is 1. The van der Waals surface area contributed by atoms with E-state index in [1.54, 1.807) is 12.5 Å². The van der Waals surface area contributed by atoms with Crippen LogP contribution in [0.5, 0.6) is 5.88 Å². The lowest BCUT2D eigenvalue weighted by Crippen LogP contribution is -2.06. The summed E-state index contributed by atoms with van der Waals surface area (Å²) in [6.45, 7) is 3.26. The van der Waals surface area contributed by atoms with Crippen LogP contribution in [0.4, 0.5) is 5.95 Å². The highest BCUT2D eigenvalue weighted by Crippen LogP contribution is 2.23. The van der Waals surface area contributed by atoms with Gasteiger partial charge in [0, 0.05) is 6.54 Å². The highest BCUT2D eigenvalue weighted by molar-refractivity contribution is 9.10. The summed E-state index contributed by atoms with van der Waals surface area (Å²) in [7, 11) is 0. The molecule has 0 bridgehead atoms. The first-order valence-electron chi connectivity index (χ1n) is 5.71. The van der Waals surface area contributed by atoms with Gasteiger partial charge in [0.25, 0.3) is 0 Å². The second-order valence-electron chi connectivity index (χ2n) is 3.64. The molecule has 0 amide bonds. The van der Waals surface area contributed by atoms with Gasteiger partial charge in [-0.3, -0.25) is 0 Å². The molecule has 0 aromatic carbocycles. The number of rotatable bonds is 6. The SMILES string of the molecule is CCCNc1ncc(Br)c(OCc2ccco2)n1. The number of hydrogen-bond acceptors (Lipinski definition) is 5. The van der Waals surface area contributed by atoms with E-state index in [1.807, 2.05) is 12.1 Å². The van der Waals surface area contributed by atoms with Crippen LogP contribution < -0.4 is 10.1 Å². The van der Waals surface area contributed by atoms with Crippen molar-refractivity contribution in [1.82, 2.24) is 9.97 Å². The van der Waals surface area contributed by atoms with Crippen LogP contribution in [-0.4, -0.2) is 16.5 Å². The van der Waals surface area contributed by atoms with Gasteiger partial charge < -0.3 is 14.5 Å². The van der Waals surface area contributed by atoms with E-state index in [1.165, 1.54) is 0 Å². The third-order valence-electron chi connectivity index (χ3n) is 2.18. The standard InChI is InChI=1S/C12H14BrN3O2/c1-2-5-14-12-15-7-10(13)11(16-12)18-8-9-4-3-6-17-9/h3-4,6-7H,2,5,8H2,1H3,(H,14,15,16). The highest BCUT2D eigenvalue weighted by atomic mass is 79.9. The van der Waals surface area contributed by atoms with Gasteiger partial charge in [0.2, 0.25) is 11.8 Å². The van der Waals surface area contributed by atoms with E-state index in [0.717, 1.165) is 23.2 Å². The fourth-order valence-electron chi connectivity index (χ4n) is 1.31. The van der Waals surface area contributed by atoms with Crippen LogP contribution in [0.3, 0.4) is 0 Å². The van der Waals surface area contributed by atoms with Crippen LogP contribution in [0, 0.1) is 0 Å². The van der Waals surface area contributed by atoms with Crippen LogP contribution in [0.15, 0.2) is 33.5 Å². The predicted molar refractivity (Wildman–Crippen MR) is 71.6 cm³/mol. The molecule has 18 heavy (non-hydrogen) atoms. The van der Waals surface area contributed by atoms with E-state index >= 15 is 0 Å². The molecule has 5 nitrogen and oxygen atoms in total. The van der Waals surface area contributed by atoms with Crippen LogP contribution in [0.25, 0.3) is 0 Å². The van der Waals surface area contributed by atoms with E-state index in [-0.39, 0.29) is 0 Å². The molecule has 0 atom stereocenters. The van der Waals surface area contributed by atoms with E-state index in [4.69, 9.17) is 9.15 Å². The molecule has 0 fully saturated rings. The Balaban J connectivity index is 2.01. The zero-order valence-electron chi connectivity index (χ0n) is 10.0. The molecule has 2 aromatic heterocycles.